The van der Waals surface area contributed by atoms with Gasteiger partial charge in [0.25, 0.3) is 15.9 Å². The largest absolute Gasteiger partial charge is 0.352 e. The second kappa shape index (κ2) is 8.36. The molecule has 0 saturated carbocycles. The second-order valence-corrected chi connectivity index (χ2v) is 8.55. The number of nitrogens with one attached hydrogen (secondary N) is 2. The first kappa shape index (κ1) is 20.0. The topological polar surface area (TPSA) is 75.3 Å². The summed E-state index contributed by atoms with van der Waals surface area (Å²) in [6.07, 6.45) is 0.901. The van der Waals surface area contributed by atoms with E-state index in [1.807, 2.05) is 19.9 Å². The highest BCUT2D eigenvalue weighted by Crippen LogP contribution is 2.19. The van der Waals surface area contributed by atoms with E-state index in [4.69, 9.17) is 0 Å². The molecule has 140 valence electrons. The Kier molecular flexibility index (Phi) is 6.42. The van der Waals surface area contributed by atoms with Crippen LogP contribution in [0.2, 0.25) is 0 Å². The van der Waals surface area contributed by atoms with Gasteiger partial charge in [-0.3, -0.25) is 9.52 Å². The zero-order valence-corrected chi connectivity index (χ0v) is 16.5. The van der Waals surface area contributed by atoms with E-state index in [1.165, 1.54) is 24.3 Å². The lowest BCUT2D eigenvalue weighted by molar-refractivity contribution is 0.0952. The third kappa shape index (κ3) is 5.33. The van der Waals surface area contributed by atoms with Gasteiger partial charge in [0.2, 0.25) is 0 Å². The summed E-state index contributed by atoms with van der Waals surface area (Å²) in [7, 11) is -3.70. The molecule has 0 fully saturated rings. The molecule has 0 heterocycles. The van der Waals surface area contributed by atoms with Crippen LogP contribution >= 0.6 is 0 Å². The lowest BCUT2D eigenvalue weighted by Crippen LogP contribution is -2.25. The van der Waals surface area contributed by atoms with Crippen LogP contribution in [-0.4, -0.2) is 20.9 Å². The van der Waals surface area contributed by atoms with E-state index in [1.54, 1.807) is 12.1 Å². The van der Waals surface area contributed by atoms with Crippen molar-refractivity contribution in [1.82, 2.24) is 5.32 Å². The number of sulfonamides is 1. The fourth-order valence-corrected chi connectivity index (χ4v) is 3.43. The molecule has 6 heteroatoms. The first-order chi connectivity index (χ1) is 12.2. The molecular weight excluding hydrogens is 348 g/mol. The van der Waals surface area contributed by atoms with Crippen LogP contribution in [0.25, 0.3) is 0 Å². The summed E-state index contributed by atoms with van der Waals surface area (Å²) in [5.74, 6) is 0.316. The van der Waals surface area contributed by atoms with Gasteiger partial charge < -0.3 is 5.32 Å². The number of carbonyl (C=O) groups is 1. The molecule has 0 spiro atoms. The molecule has 2 N–H and O–H groups in total. The van der Waals surface area contributed by atoms with Crippen molar-refractivity contribution in [3.63, 3.8) is 0 Å². The number of aryl methyl sites for hydroxylation is 2. The fraction of sp³-hybridized carbons (Fsp3) is 0.350. The maximum atomic E-state index is 12.5. The molecule has 2 aromatic rings. The Balaban J connectivity index is 2.08. The summed E-state index contributed by atoms with van der Waals surface area (Å²) in [6.45, 7) is 8.69. The molecule has 0 saturated heterocycles. The van der Waals surface area contributed by atoms with Gasteiger partial charge in [-0.25, -0.2) is 8.42 Å². The number of hydrogen-bond acceptors (Lipinski definition) is 3. The maximum absolute atomic E-state index is 12.5. The Hall–Kier alpha value is -2.34. The van der Waals surface area contributed by atoms with Crippen molar-refractivity contribution in [2.24, 2.45) is 5.92 Å². The number of anilines is 1. The molecule has 0 radical (unpaired) electrons. The van der Waals surface area contributed by atoms with Gasteiger partial charge in [-0.05, 0) is 73.7 Å². The monoisotopic (exact) mass is 374 g/mol. The van der Waals surface area contributed by atoms with Crippen LogP contribution in [0.5, 0.6) is 0 Å². The van der Waals surface area contributed by atoms with E-state index in [0.717, 1.165) is 17.5 Å². The Bertz CT molecular complexity index is 872. The Morgan fingerprint density at radius 3 is 2.23 bits per heavy atom. The summed E-state index contributed by atoms with van der Waals surface area (Å²) in [6, 6.07) is 11.3. The van der Waals surface area contributed by atoms with Gasteiger partial charge >= 0.3 is 0 Å². The van der Waals surface area contributed by atoms with Crippen molar-refractivity contribution in [3.8, 4) is 0 Å². The normalized spacial score (nSPS) is 11.4. The van der Waals surface area contributed by atoms with Crippen LogP contribution in [0.1, 0.15) is 41.8 Å². The molecule has 0 aromatic heterocycles. The van der Waals surface area contributed by atoms with E-state index in [9.17, 15) is 13.2 Å². The van der Waals surface area contributed by atoms with Crippen LogP contribution < -0.4 is 10.0 Å². The Morgan fingerprint density at radius 2 is 1.65 bits per heavy atom. The minimum absolute atomic E-state index is 0.120. The van der Waals surface area contributed by atoms with Gasteiger partial charge in [-0.2, -0.15) is 0 Å². The van der Waals surface area contributed by atoms with E-state index in [2.05, 4.69) is 23.9 Å². The van der Waals surface area contributed by atoms with Crippen LogP contribution in [0, 0.1) is 19.8 Å². The lowest BCUT2D eigenvalue weighted by Gasteiger charge is -2.11. The second-order valence-electron chi connectivity index (χ2n) is 6.87. The van der Waals surface area contributed by atoms with Crippen molar-refractivity contribution in [3.05, 3.63) is 59.2 Å². The van der Waals surface area contributed by atoms with Gasteiger partial charge in [-0.15, -0.1) is 0 Å². The van der Waals surface area contributed by atoms with Crippen LogP contribution in [0.3, 0.4) is 0 Å². The third-order valence-electron chi connectivity index (χ3n) is 4.19. The van der Waals surface area contributed by atoms with E-state index in [0.29, 0.717) is 23.7 Å². The molecule has 0 unspecified atom stereocenters. The number of hydrogen-bond donors (Lipinski definition) is 2. The average Bonchev–Trinajstić information content (AvgIpc) is 2.57. The number of rotatable bonds is 7. The van der Waals surface area contributed by atoms with Crippen molar-refractivity contribution in [1.29, 1.82) is 0 Å². The number of amides is 1. The highest BCUT2D eigenvalue weighted by molar-refractivity contribution is 7.92. The zero-order chi connectivity index (χ0) is 19.3. The van der Waals surface area contributed by atoms with Gasteiger partial charge in [0, 0.05) is 17.8 Å². The molecule has 2 aromatic carbocycles. The van der Waals surface area contributed by atoms with Gasteiger partial charge in [0.05, 0.1) is 4.90 Å². The molecule has 0 atom stereocenters. The minimum Gasteiger partial charge on any atom is -0.352 e. The summed E-state index contributed by atoms with van der Waals surface area (Å²) < 4.78 is 27.6. The highest BCUT2D eigenvalue weighted by Gasteiger charge is 2.15. The van der Waals surface area contributed by atoms with Crippen LogP contribution in [-0.2, 0) is 10.0 Å². The molecular formula is C20H26N2O3S. The van der Waals surface area contributed by atoms with E-state index < -0.39 is 10.0 Å². The van der Waals surface area contributed by atoms with Gasteiger partial charge in [0.15, 0.2) is 0 Å². The Morgan fingerprint density at radius 1 is 1.00 bits per heavy atom. The molecule has 26 heavy (non-hydrogen) atoms. The van der Waals surface area contributed by atoms with Crippen LogP contribution in [0.15, 0.2) is 47.4 Å². The van der Waals surface area contributed by atoms with Crippen molar-refractivity contribution in [2.45, 2.75) is 39.0 Å². The van der Waals surface area contributed by atoms with Crippen molar-refractivity contribution < 1.29 is 13.2 Å². The molecule has 2 rings (SSSR count). The third-order valence-corrected chi connectivity index (χ3v) is 5.59. The SMILES string of the molecule is Cc1ccc(NS(=O)(=O)c2ccc(C(=O)NCCC(C)C)cc2)cc1C. The predicted molar refractivity (Wildman–Crippen MR) is 105 cm³/mol. The highest BCUT2D eigenvalue weighted by atomic mass is 32.2. The quantitative estimate of drug-likeness (QED) is 0.772. The van der Waals surface area contributed by atoms with Crippen molar-refractivity contribution >= 4 is 21.6 Å². The molecule has 0 aliphatic carbocycles. The summed E-state index contributed by atoms with van der Waals surface area (Å²) in [5.41, 5.74) is 3.07. The van der Waals surface area contributed by atoms with Crippen LogP contribution in [0.4, 0.5) is 5.69 Å². The molecule has 0 aliphatic rings. The minimum atomic E-state index is -3.70. The summed E-state index contributed by atoms with van der Waals surface area (Å²) in [5, 5.41) is 2.84. The predicted octanol–water partition coefficient (Wildman–Crippen LogP) is 3.88. The standard InChI is InChI=1S/C20H26N2O3S/c1-14(2)11-12-21-20(23)17-6-9-19(10-7-17)26(24,25)22-18-8-5-15(3)16(4)13-18/h5-10,13-14,22H,11-12H2,1-4H3,(H,21,23). The van der Waals surface area contributed by atoms with E-state index in [-0.39, 0.29) is 10.8 Å². The lowest BCUT2D eigenvalue weighted by atomic mass is 10.1. The average molecular weight is 375 g/mol. The number of benzene rings is 2. The number of carbonyl (C=O) groups excluding carboxylic acids is 1. The fourth-order valence-electron chi connectivity index (χ4n) is 2.38. The molecule has 0 bridgehead atoms. The first-order valence-electron chi connectivity index (χ1n) is 8.67. The van der Waals surface area contributed by atoms with E-state index >= 15 is 0 Å². The smallest absolute Gasteiger partial charge is 0.261 e. The first-order valence-corrected chi connectivity index (χ1v) is 10.2. The summed E-state index contributed by atoms with van der Waals surface area (Å²) in [4.78, 5) is 12.2. The molecule has 1 amide bonds. The van der Waals surface area contributed by atoms with Gasteiger partial charge in [0.1, 0.15) is 0 Å². The molecule has 0 aliphatic heterocycles. The zero-order valence-electron chi connectivity index (χ0n) is 15.7. The maximum Gasteiger partial charge on any atom is 0.261 e. The Labute approximate surface area is 155 Å². The van der Waals surface area contributed by atoms with Crippen molar-refractivity contribution in [2.75, 3.05) is 11.3 Å². The van der Waals surface area contributed by atoms with Gasteiger partial charge in [-0.1, -0.05) is 19.9 Å². The summed E-state index contributed by atoms with van der Waals surface area (Å²) >= 11 is 0. The molecule has 5 nitrogen and oxygen atoms in total.